The van der Waals surface area contributed by atoms with Gasteiger partial charge in [0.15, 0.2) is 5.96 Å². The van der Waals surface area contributed by atoms with Crippen LogP contribution in [0.25, 0.3) is 0 Å². The van der Waals surface area contributed by atoms with Gasteiger partial charge < -0.3 is 20.3 Å². The highest BCUT2D eigenvalue weighted by molar-refractivity contribution is 5.79. The van der Waals surface area contributed by atoms with Gasteiger partial charge in [-0.3, -0.25) is 4.99 Å². The average molecular weight is 382 g/mol. The Morgan fingerprint density at radius 1 is 1.07 bits per heavy atom. The van der Waals surface area contributed by atoms with E-state index in [1.54, 1.807) is 14.2 Å². The number of hydrogen-bond acceptors (Lipinski definition) is 4. The van der Waals surface area contributed by atoms with E-state index in [1.165, 1.54) is 30.4 Å². The predicted molar refractivity (Wildman–Crippen MR) is 115 cm³/mol. The molecule has 1 fully saturated rings. The molecule has 1 saturated heterocycles. The highest BCUT2D eigenvalue weighted by atomic mass is 16.5. The first-order valence-corrected chi connectivity index (χ1v) is 10.1. The molecule has 2 aromatic rings. The maximum absolute atomic E-state index is 5.20. The molecular weight excluding hydrogens is 350 g/mol. The minimum atomic E-state index is 0.728. The molecule has 0 spiro atoms. The zero-order valence-electron chi connectivity index (χ0n) is 16.9. The van der Waals surface area contributed by atoms with E-state index in [0.717, 1.165) is 50.1 Å². The van der Waals surface area contributed by atoms with Crippen LogP contribution in [0.5, 0.6) is 5.75 Å². The fourth-order valence-electron chi connectivity index (χ4n) is 3.39. The fraction of sp³-hybridized carbons (Fsp3) is 0.455. The number of rotatable bonds is 7. The van der Waals surface area contributed by atoms with Crippen LogP contribution in [0.4, 0.5) is 5.82 Å². The Labute approximate surface area is 168 Å². The van der Waals surface area contributed by atoms with Crippen molar-refractivity contribution in [1.29, 1.82) is 0 Å². The largest absolute Gasteiger partial charge is 0.497 e. The zero-order chi connectivity index (χ0) is 19.6. The standard InChI is InChI=1S/C22H31N5O/c1-23-22(25-13-10-18-6-8-20(28-2)9-7-18)26-17-19-11-12-24-21(16-19)27-14-4-3-5-15-27/h6-9,11-12,16H,3-5,10,13-15,17H2,1-2H3,(H2,23,25,26). The zero-order valence-corrected chi connectivity index (χ0v) is 16.9. The topological polar surface area (TPSA) is 61.8 Å². The van der Waals surface area contributed by atoms with E-state index in [1.807, 2.05) is 18.3 Å². The summed E-state index contributed by atoms with van der Waals surface area (Å²) in [6.45, 7) is 3.77. The summed E-state index contributed by atoms with van der Waals surface area (Å²) < 4.78 is 5.20. The number of methoxy groups -OCH3 is 1. The number of ether oxygens (including phenoxy) is 1. The average Bonchev–Trinajstić information content (AvgIpc) is 2.77. The second-order valence-electron chi connectivity index (χ2n) is 7.02. The van der Waals surface area contributed by atoms with E-state index >= 15 is 0 Å². The Morgan fingerprint density at radius 2 is 1.86 bits per heavy atom. The number of anilines is 1. The van der Waals surface area contributed by atoms with Crippen LogP contribution < -0.4 is 20.3 Å². The molecule has 2 heterocycles. The molecule has 2 N–H and O–H groups in total. The Morgan fingerprint density at radius 3 is 2.57 bits per heavy atom. The number of guanidine groups is 1. The lowest BCUT2D eigenvalue weighted by molar-refractivity contribution is 0.414. The van der Waals surface area contributed by atoms with E-state index in [9.17, 15) is 0 Å². The van der Waals surface area contributed by atoms with Crippen LogP contribution in [0.2, 0.25) is 0 Å². The molecule has 150 valence electrons. The van der Waals surface area contributed by atoms with E-state index in [0.29, 0.717) is 0 Å². The number of piperidine rings is 1. The molecule has 0 radical (unpaired) electrons. The molecular formula is C22H31N5O. The highest BCUT2D eigenvalue weighted by Gasteiger charge is 2.12. The Kier molecular flexibility index (Phi) is 7.53. The fourth-order valence-corrected chi connectivity index (χ4v) is 3.39. The highest BCUT2D eigenvalue weighted by Crippen LogP contribution is 2.18. The summed E-state index contributed by atoms with van der Waals surface area (Å²) in [5.74, 6) is 2.78. The van der Waals surface area contributed by atoms with Crippen LogP contribution in [0.3, 0.4) is 0 Å². The van der Waals surface area contributed by atoms with E-state index in [2.05, 4.69) is 49.8 Å². The molecule has 0 aliphatic carbocycles. The van der Waals surface area contributed by atoms with Gasteiger partial charge in [0.05, 0.1) is 7.11 Å². The van der Waals surface area contributed by atoms with Gasteiger partial charge in [0, 0.05) is 39.4 Å². The van der Waals surface area contributed by atoms with Crippen LogP contribution in [-0.4, -0.2) is 44.7 Å². The second kappa shape index (κ2) is 10.5. The lowest BCUT2D eigenvalue weighted by Crippen LogP contribution is -2.38. The van der Waals surface area contributed by atoms with Crippen molar-refractivity contribution in [3.8, 4) is 5.75 Å². The van der Waals surface area contributed by atoms with Gasteiger partial charge in [-0.2, -0.15) is 0 Å². The van der Waals surface area contributed by atoms with Crippen LogP contribution in [0.1, 0.15) is 30.4 Å². The third-order valence-corrected chi connectivity index (χ3v) is 5.04. The monoisotopic (exact) mass is 381 g/mol. The number of nitrogens with one attached hydrogen (secondary N) is 2. The van der Waals surface area contributed by atoms with Gasteiger partial charge in [-0.1, -0.05) is 12.1 Å². The first kappa shape index (κ1) is 20.0. The molecule has 3 rings (SSSR count). The Balaban J connectivity index is 1.45. The van der Waals surface area contributed by atoms with Crippen molar-refractivity contribution < 1.29 is 4.74 Å². The van der Waals surface area contributed by atoms with Crippen LogP contribution in [0, 0.1) is 0 Å². The summed E-state index contributed by atoms with van der Waals surface area (Å²) in [6.07, 6.45) is 6.68. The first-order valence-electron chi connectivity index (χ1n) is 10.1. The second-order valence-corrected chi connectivity index (χ2v) is 7.02. The van der Waals surface area contributed by atoms with Gasteiger partial charge in [-0.05, 0) is 61.1 Å². The Bertz CT molecular complexity index is 754. The van der Waals surface area contributed by atoms with Gasteiger partial charge in [-0.15, -0.1) is 0 Å². The van der Waals surface area contributed by atoms with Gasteiger partial charge in [0.1, 0.15) is 11.6 Å². The number of nitrogens with zero attached hydrogens (tertiary/aromatic N) is 3. The number of benzene rings is 1. The van der Waals surface area contributed by atoms with Crippen molar-refractivity contribution in [2.45, 2.75) is 32.2 Å². The third kappa shape index (κ3) is 5.87. The molecule has 0 atom stereocenters. The summed E-state index contributed by atoms with van der Waals surface area (Å²) >= 11 is 0. The molecule has 0 unspecified atom stereocenters. The number of aliphatic imine (C=N–C) groups is 1. The SMILES string of the molecule is CN=C(NCCc1ccc(OC)cc1)NCc1ccnc(N2CCCCC2)c1. The van der Waals surface area contributed by atoms with Crippen molar-refractivity contribution in [3.05, 3.63) is 53.7 Å². The summed E-state index contributed by atoms with van der Waals surface area (Å²) in [4.78, 5) is 11.3. The quantitative estimate of drug-likeness (QED) is 0.570. The third-order valence-electron chi connectivity index (χ3n) is 5.04. The molecule has 0 bridgehead atoms. The van der Waals surface area contributed by atoms with Gasteiger partial charge in [0.2, 0.25) is 0 Å². The van der Waals surface area contributed by atoms with Gasteiger partial charge >= 0.3 is 0 Å². The Hall–Kier alpha value is -2.76. The number of pyridine rings is 1. The van der Waals surface area contributed by atoms with Crippen LogP contribution >= 0.6 is 0 Å². The van der Waals surface area contributed by atoms with Crippen molar-refractivity contribution in [2.24, 2.45) is 4.99 Å². The molecule has 0 saturated carbocycles. The molecule has 1 aliphatic rings. The van der Waals surface area contributed by atoms with Crippen LogP contribution in [-0.2, 0) is 13.0 Å². The summed E-state index contributed by atoms with van der Waals surface area (Å²) in [5, 5.41) is 6.77. The van der Waals surface area contributed by atoms with Crippen molar-refractivity contribution >= 4 is 11.8 Å². The lowest BCUT2D eigenvalue weighted by Gasteiger charge is -2.28. The minimum absolute atomic E-state index is 0.728. The van der Waals surface area contributed by atoms with Gasteiger partial charge in [-0.25, -0.2) is 4.98 Å². The maximum Gasteiger partial charge on any atom is 0.191 e. The van der Waals surface area contributed by atoms with Crippen molar-refractivity contribution in [3.63, 3.8) is 0 Å². The number of hydrogen-bond donors (Lipinski definition) is 2. The smallest absolute Gasteiger partial charge is 0.191 e. The van der Waals surface area contributed by atoms with E-state index in [-0.39, 0.29) is 0 Å². The summed E-state index contributed by atoms with van der Waals surface area (Å²) in [5.41, 5.74) is 2.48. The molecule has 1 aliphatic heterocycles. The van der Waals surface area contributed by atoms with Crippen LogP contribution in [0.15, 0.2) is 47.6 Å². The predicted octanol–water partition coefficient (Wildman–Crippen LogP) is 2.99. The lowest BCUT2D eigenvalue weighted by atomic mass is 10.1. The number of aromatic nitrogens is 1. The molecule has 0 amide bonds. The molecule has 6 heteroatoms. The summed E-state index contributed by atoms with van der Waals surface area (Å²) in [6, 6.07) is 12.4. The molecule has 1 aromatic carbocycles. The van der Waals surface area contributed by atoms with Gasteiger partial charge in [0.25, 0.3) is 0 Å². The normalized spacial score (nSPS) is 14.6. The molecule has 6 nitrogen and oxygen atoms in total. The minimum Gasteiger partial charge on any atom is -0.497 e. The molecule has 28 heavy (non-hydrogen) atoms. The van der Waals surface area contributed by atoms with E-state index < -0.39 is 0 Å². The summed E-state index contributed by atoms with van der Waals surface area (Å²) in [7, 11) is 3.49. The van der Waals surface area contributed by atoms with E-state index in [4.69, 9.17) is 4.74 Å². The first-order chi connectivity index (χ1) is 13.8. The maximum atomic E-state index is 5.20. The van der Waals surface area contributed by atoms with Crippen molar-refractivity contribution in [2.75, 3.05) is 38.7 Å². The molecule has 1 aromatic heterocycles. The van der Waals surface area contributed by atoms with Crippen molar-refractivity contribution in [1.82, 2.24) is 15.6 Å².